The summed E-state index contributed by atoms with van der Waals surface area (Å²) < 4.78 is 5.08. The Kier molecular flexibility index (Phi) is 3.83. The van der Waals surface area contributed by atoms with Gasteiger partial charge < -0.3 is 20.1 Å². The van der Waals surface area contributed by atoms with Gasteiger partial charge in [-0.25, -0.2) is 4.79 Å². The zero-order valence-electron chi connectivity index (χ0n) is 11.5. The van der Waals surface area contributed by atoms with E-state index in [4.69, 9.17) is 9.84 Å². The number of hydrogen-bond donors (Lipinski definition) is 2. The number of nitrogens with one attached hydrogen (secondary N) is 1. The highest BCUT2D eigenvalue weighted by Crippen LogP contribution is 2.24. The van der Waals surface area contributed by atoms with E-state index in [-0.39, 0.29) is 12.3 Å². The van der Waals surface area contributed by atoms with Crippen molar-refractivity contribution in [2.75, 3.05) is 13.7 Å². The minimum absolute atomic E-state index is 0.0444. The summed E-state index contributed by atoms with van der Waals surface area (Å²) in [5.41, 5.74) is 0.272. The Balaban J connectivity index is 2.02. The molecular weight excluding hydrogens is 260 g/mol. The first-order valence-corrected chi connectivity index (χ1v) is 6.34. The molecule has 0 aromatic heterocycles. The van der Waals surface area contributed by atoms with Crippen LogP contribution in [0.5, 0.6) is 5.75 Å². The molecule has 0 aliphatic carbocycles. The largest absolute Gasteiger partial charge is 0.497 e. The lowest BCUT2D eigenvalue weighted by Gasteiger charge is -2.24. The van der Waals surface area contributed by atoms with Crippen LogP contribution in [0.2, 0.25) is 0 Å². The van der Waals surface area contributed by atoms with Crippen molar-refractivity contribution in [2.45, 2.75) is 25.4 Å². The Labute approximate surface area is 117 Å². The molecule has 6 heteroatoms. The smallest absolute Gasteiger partial charge is 0.405 e. The quantitative estimate of drug-likeness (QED) is 0.873. The van der Waals surface area contributed by atoms with Gasteiger partial charge in [0.05, 0.1) is 19.1 Å². The van der Waals surface area contributed by atoms with Crippen molar-refractivity contribution in [3.8, 4) is 5.75 Å². The first-order chi connectivity index (χ1) is 9.42. The number of hydrogen-bond acceptors (Lipinski definition) is 3. The summed E-state index contributed by atoms with van der Waals surface area (Å²) in [5, 5.41) is 11.2. The highest BCUT2D eigenvalue weighted by atomic mass is 16.5. The number of carbonyl (C=O) groups is 2. The molecule has 1 atom stereocenters. The lowest BCUT2D eigenvalue weighted by Crippen LogP contribution is -2.47. The number of likely N-dealkylation sites (tertiary alicyclic amines) is 1. The molecule has 1 fully saturated rings. The van der Waals surface area contributed by atoms with Crippen LogP contribution in [-0.2, 0) is 11.3 Å². The van der Waals surface area contributed by atoms with Crippen molar-refractivity contribution < 1.29 is 19.4 Å². The summed E-state index contributed by atoms with van der Waals surface area (Å²) in [7, 11) is 1.60. The van der Waals surface area contributed by atoms with Crippen LogP contribution in [0.25, 0.3) is 0 Å². The fourth-order valence-corrected chi connectivity index (χ4v) is 2.45. The third-order valence-electron chi connectivity index (χ3n) is 3.38. The minimum atomic E-state index is -1.11. The van der Waals surface area contributed by atoms with Gasteiger partial charge in [0, 0.05) is 13.1 Å². The number of carbonyl (C=O) groups excluding carboxylic acids is 1. The van der Waals surface area contributed by atoms with Crippen molar-refractivity contribution in [1.29, 1.82) is 0 Å². The Hall–Kier alpha value is -2.24. The van der Waals surface area contributed by atoms with Gasteiger partial charge in [0.1, 0.15) is 5.75 Å². The van der Waals surface area contributed by atoms with Gasteiger partial charge in [-0.3, -0.25) is 4.79 Å². The normalized spacial score (nSPS) is 21.9. The Morgan fingerprint density at radius 2 is 2.10 bits per heavy atom. The SMILES string of the molecule is COc1ccc(CN2CC(C)(NC(=O)O)CC2=O)cc1. The summed E-state index contributed by atoms with van der Waals surface area (Å²) in [6, 6.07) is 7.47. The average Bonchev–Trinajstić information content (AvgIpc) is 2.63. The van der Waals surface area contributed by atoms with Gasteiger partial charge in [0.25, 0.3) is 0 Å². The third-order valence-corrected chi connectivity index (χ3v) is 3.38. The molecule has 20 heavy (non-hydrogen) atoms. The molecule has 1 aromatic rings. The van der Waals surface area contributed by atoms with Crippen LogP contribution < -0.4 is 10.1 Å². The van der Waals surface area contributed by atoms with Crippen LogP contribution in [-0.4, -0.2) is 41.2 Å². The lowest BCUT2D eigenvalue weighted by molar-refractivity contribution is -0.128. The maximum absolute atomic E-state index is 12.0. The molecule has 108 valence electrons. The second-order valence-electron chi connectivity index (χ2n) is 5.27. The summed E-state index contributed by atoms with van der Waals surface area (Å²) in [6.45, 7) is 2.59. The van der Waals surface area contributed by atoms with E-state index in [9.17, 15) is 9.59 Å². The average molecular weight is 278 g/mol. The van der Waals surface area contributed by atoms with Gasteiger partial charge in [-0.05, 0) is 24.6 Å². The molecule has 1 aliphatic rings. The zero-order valence-corrected chi connectivity index (χ0v) is 11.5. The fraction of sp³-hybridized carbons (Fsp3) is 0.429. The Morgan fingerprint density at radius 1 is 1.45 bits per heavy atom. The van der Waals surface area contributed by atoms with E-state index >= 15 is 0 Å². The van der Waals surface area contributed by atoms with Gasteiger partial charge in [0.2, 0.25) is 5.91 Å². The predicted octanol–water partition coefficient (Wildman–Crippen LogP) is 1.45. The Bertz CT molecular complexity index is 514. The minimum Gasteiger partial charge on any atom is -0.497 e. The Morgan fingerprint density at radius 3 is 2.65 bits per heavy atom. The zero-order chi connectivity index (χ0) is 14.8. The van der Waals surface area contributed by atoms with E-state index in [0.717, 1.165) is 11.3 Å². The highest BCUT2D eigenvalue weighted by molar-refractivity contribution is 5.81. The summed E-state index contributed by atoms with van der Waals surface area (Å²) in [4.78, 5) is 24.4. The predicted molar refractivity (Wildman–Crippen MR) is 72.6 cm³/mol. The molecule has 2 amide bonds. The van der Waals surface area contributed by atoms with E-state index in [1.165, 1.54) is 0 Å². The van der Waals surface area contributed by atoms with E-state index in [0.29, 0.717) is 13.1 Å². The molecule has 0 saturated carbocycles. The molecule has 0 spiro atoms. The van der Waals surface area contributed by atoms with E-state index in [1.807, 2.05) is 24.3 Å². The van der Waals surface area contributed by atoms with Gasteiger partial charge in [0.15, 0.2) is 0 Å². The highest BCUT2D eigenvalue weighted by Gasteiger charge is 2.40. The molecule has 6 nitrogen and oxygen atoms in total. The van der Waals surface area contributed by atoms with Crippen molar-refractivity contribution in [1.82, 2.24) is 10.2 Å². The van der Waals surface area contributed by atoms with Crippen molar-refractivity contribution in [3.63, 3.8) is 0 Å². The van der Waals surface area contributed by atoms with Crippen LogP contribution >= 0.6 is 0 Å². The van der Waals surface area contributed by atoms with Crippen molar-refractivity contribution in [3.05, 3.63) is 29.8 Å². The topological polar surface area (TPSA) is 78.9 Å². The number of methoxy groups -OCH3 is 1. The number of amides is 2. The summed E-state index contributed by atoms with van der Waals surface area (Å²) in [5.74, 6) is 0.718. The number of nitrogens with zero attached hydrogens (tertiary/aromatic N) is 1. The fourth-order valence-electron chi connectivity index (χ4n) is 2.45. The van der Waals surface area contributed by atoms with Crippen LogP contribution in [0.1, 0.15) is 18.9 Å². The summed E-state index contributed by atoms with van der Waals surface area (Å²) >= 11 is 0. The van der Waals surface area contributed by atoms with E-state index in [1.54, 1.807) is 18.9 Å². The monoisotopic (exact) mass is 278 g/mol. The molecule has 0 radical (unpaired) electrons. The molecule has 2 N–H and O–H groups in total. The van der Waals surface area contributed by atoms with E-state index < -0.39 is 11.6 Å². The van der Waals surface area contributed by atoms with Crippen LogP contribution in [0.15, 0.2) is 24.3 Å². The first kappa shape index (κ1) is 14.2. The van der Waals surface area contributed by atoms with Gasteiger partial charge >= 0.3 is 6.09 Å². The van der Waals surface area contributed by atoms with Gasteiger partial charge in [-0.15, -0.1) is 0 Å². The molecule has 2 rings (SSSR count). The molecular formula is C14H18N2O4. The number of carboxylic acid groups (broad SMARTS) is 1. The number of ether oxygens (including phenoxy) is 1. The standard InChI is InChI=1S/C14H18N2O4/c1-14(15-13(18)19)7-12(17)16(9-14)8-10-3-5-11(20-2)6-4-10/h3-6,15H,7-9H2,1-2H3,(H,18,19). The van der Waals surface area contributed by atoms with Gasteiger partial charge in [-0.1, -0.05) is 12.1 Å². The molecule has 1 aliphatic heterocycles. The number of rotatable bonds is 4. The maximum atomic E-state index is 12.0. The van der Waals surface area contributed by atoms with Crippen LogP contribution in [0.4, 0.5) is 4.79 Å². The second kappa shape index (κ2) is 5.40. The summed E-state index contributed by atoms with van der Waals surface area (Å²) in [6.07, 6.45) is -0.915. The van der Waals surface area contributed by atoms with E-state index in [2.05, 4.69) is 5.32 Å². The molecule has 0 bridgehead atoms. The van der Waals surface area contributed by atoms with Crippen molar-refractivity contribution in [2.24, 2.45) is 0 Å². The van der Waals surface area contributed by atoms with Crippen LogP contribution in [0.3, 0.4) is 0 Å². The maximum Gasteiger partial charge on any atom is 0.405 e. The number of benzene rings is 1. The molecule has 1 heterocycles. The molecule has 1 saturated heterocycles. The van der Waals surface area contributed by atoms with Gasteiger partial charge in [-0.2, -0.15) is 0 Å². The molecule has 1 unspecified atom stereocenters. The van der Waals surface area contributed by atoms with Crippen LogP contribution in [0, 0.1) is 0 Å². The third kappa shape index (κ3) is 3.20. The molecule has 1 aromatic carbocycles. The first-order valence-electron chi connectivity index (χ1n) is 6.34. The van der Waals surface area contributed by atoms with Crippen molar-refractivity contribution >= 4 is 12.0 Å². The lowest BCUT2D eigenvalue weighted by atomic mass is 10.0. The second-order valence-corrected chi connectivity index (χ2v) is 5.27.